The third-order valence-electron chi connectivity index (χ3n) is 8.63. The highest BCUT2D eigenvalue weighted by Crippen LogP contribution is 2.44. The van der Waals surface area contributed by atoms with Crippen LogP contribution in [0.3, 0.4) is 0 Å². The lowest BCUT2D eigenvalue weighted by atomic mass is 9.95. The van der Waals surface area contributed by atoms with Crippen molar-refractivity contribution in [2.24, 2.45) is 11.5 Å². The van der Waals surface area contributed by atoms with Crippen LogP contribution in [0.25, 0.3) is 42.7 Å². The van der Waals surface area contributed by atoms with Gasteiger partial charge in [0.15, 0.2) is 0 Å². The second-order valence-electron chi connectivity index (χ2n) is 12.2. The predicted octanol–water partition coefficient (Wildman–Crippen LogP) is 6.42. The van der Waals surface area contributed by atoms with Crippen LogP contribution >= 0.6 is 22.7 Å². The molecule has 0 fully saturated rings. The molecule has 0 bridgehead atoms. The van der Waals surface area contributed by atoms with Gasteiger partial charge in [-0.05, 0) is 63.1 Å². The number of nitrogens with zero attached hydrogens (tertiary/aromatic N) is 2. The first-order valence-electron chi connectivity index (χ1n) is 17.2. The predicted molar refractivity (Wildman–Crippen MR) is 213 cm³/mol. The van der Waals surface area contributed by atoms with Crippen LogP contribution < -0.4 is 32.4 Å². The van der Waals surface area contributed by atoms with Gasteiger partial charge in [0.2, 0.25) is 0 Å². The van der Waals surface area contributed by atoms with Crippen molar-refractivity contribution in [3.63, 3.8) is 0 Å². The summed E-state index contributed by atoms with van der Waals surface area (Å²) in [5.41, 5.74) is 27.9. The molecule has 0 atom stereocenters. The molecule has 0 spiro atoms. The number of primary amides is 2. The van der Waals surface area contributed by atoms with Crippen LogP contribution in [-0.4, -0.2) is 60.1 Å². The van der Waals surface area contributed by atoms with Crippen LogP contribution in [0.5, 0.6) is 11.5 Å². The van der Waals surface area contributed by atoms with Crippen molar-refractivity contribution in [3.8, 4) is 33.8 Å². The van der Waals surface area contributed by atoms with E-state index in [1.165, 1.54) is 0 Å². The molecule has 2 aromatic carbocycles. The van der Waals surface area contributed by atoms with Gasteiger partial charge >= 0.3 is 11.9 Å². The van der Waals surface area contributed by atoms with Gasteiger partial charge in [0.25, 0.3) is 11.8 Å². The van der Waals surface area contributed by atoms with Crippen LogP contribution in [0.15, 0.2) is 48.5 Å². The van der Waals surface area contributed by atoms with E-state index in [2.05, 4.69) is 9.97 Å². The SMILES string of the molecule is CCOC(=O)c1c(C)nc2sc(C(N)=O)c(N)c2c1-c1ccc(OCCCOc2ccc(-c3c(C(=O)OCC)c(C)nc4sc(C(N)=O)c(N)c34)cc2)cc1. The number of anilines is 2. The van der Waals surface area contributed by atoms with Gasteiger partial charge in [0.1, 0.15) is 30.9 Å². The highest BCUT2D eigenvalue weighted by Gasteiger charge is 2.28. The Morgan fingerprint density at radius 2 is 0.982 bits per heavy atom. The fourth-order valence-corrected chi connectivity index (χ4v) is 8.26. The van der Waals surface area contributed by atoms with Gasteiger partial charge in [-0.25, -0.2) is 19.6 Å². The van der Waals surface area contributed by atoms with Gasteiger partial charge in [-0.3, -0.25) is 9.59 Å². The number of pyridine rings is 2. The molecular weight excluding hydrogens is 745 g/mol. The van der Waals surface area contributed by atoms with E-state index in [0.29, 0.717) is 85.2 Å². The normalized spacial score (nSPS) is 11.1. The number of aryl methyl sites for hydroxylation is 2. The first kappa shape index (κ1) is 38.5. The molecule has 2 amide bonds. The van der Waals surface area contributed by atoms with Crippen LogP contribution in [-0.2, 0) is 9.47 Å². The largest absolute Gasteiger partial charge is 0.493 e. The lowest BCUT2D eigenvalue weighted by Crippen LogP contribution is -2.12. The number of hydrogen-bond acceptors (Lipinski definition) is 14. The molecule has 0 aliphatic carbocycles. The number of fused-ring (bicyclic) bond motifs is 2. The summed E-state index contributed by atoms with van der Waals surface area (Å²) in [4.78, 5) is 60.8. The molecule has 0 unspecified atom stereocenters. The molecule has 8 N–H and O–H groups in total. The summed E-state index contributed by atoms with van der Waals surface area (Å²) in [6, 6.07) is 14.3. The molecule has 6 aromatic rings. The second kappa shape index (κ2) is 16.0. The van der Waals surface area contributed by atoms with Gasteiger partial charge in [0.05, 0.1) is 60.3 Å². The molecule has 4 aromatic heterocycles. The molecule has 14 nitrogen and oxygen atoms in total. The zero-order valence-corrected chi connectivity index (χ0v) is 32.1. The van der Waals surface area contributed by atoms with E-state index in [4.69, 9.17) is 41.9 Å². The zero-order valence-electron chi connectivity index (χ0n) is 30.4. The highest BCUT2D eigenvalue weighted by molar-refractivity contribution is 7.21. The average molecular weight is 783 g/mol. The van der Waals surface area contributed by atoms with Gasteiger partial charge in [-0.15, -0.1) is 22.7 Å². The number of benzene rings is 2. The topological polar surface area (TPSA) is 235 Å². The van der Waals surface area contributed by atoms with E-state index in [0.717, 1.165) is 22.7 Å². The molecule has 284 valence electrons. The van der Waals surface area contributed by atoms with Crippen molar-refractivity contribution in [1.29, 1.82) is 0 Å². The van der Waals surface area contributed by atoms with Crippen molar-refractivity contribution in [1.82, 2.24) is 9.97 Å². The van der Waals surface area contributed by atoms with Crippen LogP contribution in [0.1, 0.15) is 71.7 Å². The molecule has 0 aliphatic heterocycles. The van der Waals surface area contributed by atoms with E-state index < -0.39 is 23.8 Å². The van der Waals surface area contributed by atoms with Crippen LogP contribution in [0.2, 0.25) is 0 Å². The minimum absolute atomic E-state index is 0.160. The number of rotatable bonds is 14. The number of nitrogens with two attached hydrogens (primary N) is 4. The molecule has 0 saturated heterocycles. The molecule has 55 heavy (non-hydrogen) atoms. The van der Waals surface area contributed by atoms with E-state index in [1.807, 2.05) is 0 Å². The Bertz CT molecular complexity index is 2300. The van der Waals surface area contributed by atoms with E-state index in [9.17, 15) is 19.2 Å². The maximum atomic E-state index is 13.1. The first-order valence-corrected chi connectivity index (χ1v) is 18.8. The Balaban J connectivity index is 1.15. The summed E-state index contributed by atoms with van der Waals surface area (Å²) in [5.74, 6) is -1.28. The number of carbonyl (C=O) groups is 4. The van der Waals surface area contributed by atoms with E-state index in [1.54, 1.807) is 76.2 Å². The lowest BCUT2D eigenvalue weighted by Gasteiger charge is -2.15. The molecule has 0 aliphatic rings. The number of carbonyl (C=O) groups excluding carboxylic acids is 4. The van der Waals surface area contributed by atoms with Crippen LogP contribution in [0.4, 0.5) is 11.4 Å². The number of esters is 2. The van der Waals surface area contributed by atoms with E-state index in [-0.39, 0.29) is 45.5 Å². The monoisotopic (exact) mass is 782 g/mol. The van der Waals surface area contributed by atoms with Crippen molar-refractivity contribution in [3.05, 3.63) is 80.8 Å². The number of amides is 2. The maximum Gasteiger partial charge on any atom is 0.340 e. The number of thiophene rings is 2. The van der Waals surface area contributed by atoms with Gasteiger partial charge in [-0.1, -0.05) is 24.3 Å². The van der Waals surface area contributed by atoms with Crippen molar-refractivity contribution in [2.75, 3.05) is 37.9 Å². The van der Waals surface area contributed by atoms with Crippen molar-refractivity contribution in [2.45, 2.75) is 34.1 Å². The molecular formula is C39H38N6O8S2. The summed E-state index contributed by atoms with van der Waals surface area (Å²) < 4.78 is 22.6. The standard InChI is InChI=1S/C39H38N6O8S2/c1-5-50-38(48)24-18(3)44-36-28(30(40)32(54-36)34(42)46)26(24)20-8-12-22(13-9-20)52-16-7-17-53-23-14-10-21(11-15-23)27-25(39(49)51-6-2)19(4)45-37-29(27)31(41)33(55-37)35(43)47/h8-15H,5-7,16-17,40-41H2,1-4H3,(H2,42,46)(H2,43,47). The Morgan fingerprint density at radius 1 is 0.618 bits per heavy atom. The van der Waals surface area contributed by atoms with Gasteiger partial charge in [0, 0.05) is 28.3 Å². The molecule has 6 rings (SSSR count). The first-order chi connectivity index (χ1) is 26.4. The molecule has 0 radical (unpaired) electrons. The minimum Gasteiger partial charge on any atom is -0.493 e. The maximum absolute atomic E-state index is 13.1. The molecule has 4 heterocycles. The quantitative estimate of drug-likeness (QED) is 0.0692. The summed E-state index contributed by atoms with van der Waals surface area (Å²) >= 11 is 2.15. The van der Waals surface area contributed by atoms with Crippen molar-refractivity contribution >= 4 is 78.2 Å². The number of aromatic nitrogens is 2. The summed E-state index contributed by atoms with van der Waals surface area (Å²) in [7, 11) is 0. The van der Waals surface area contributed by atoms with Crippen LogP contribution in [0, 0.1) is 13.8 Å². The highest BCUT2D eigenvalue weighted by atomic mass is 32.1. The molecule has 0 saturated carbocycles. The summed E-state index contributed by atoms with van der Waals surface area (Å²) in [6.45, 7) is 7.86. The minimum atomic E-state index is -0.678. The van der Waals surface area contributed by atoms with Crippen molar-refractivity contribution < 1.29 is 38.1 Å². The average Bonchev–Trinajstić information content (AvgIpc) is 3.66. The Labute approximate surface area is 323 Å². The lowest BCUT2D eigenvalue weighted by molar-refractivity contribution is 0.0516. The summed E-state index contributed by atoms with van der Waals surface area (Å²) in [6.07, 6.45) is 0.556. The fourth-order valence-electron chi connectivity index (χ4n) is 6.26. The second-order valence-corrected chi connectivity index (χ2v) is 14.2. The molecule has 16 heteroatoms. The Morgan fingerprint density at radius 3 is 1.31 bits per heavy atom. The smallest absolute Gasteiger partial charge is 0.340 e. The van der Waals surface area contributed by atoms with Gasteiger partial charge in [-0.2, -0.15) is 0 Å². The Kier molecular flexibility index (Phi) is 11.2. The third-order valence-corrected chi connectivity index (χ3v) is 10.9. The number of hydrogen-bond donors (Lipinski definition) is 4. The summed E-state index contributed by atoms with van der Waals surface area (Å²) in [5, 5.41) is 0.922. The fraction of sp³-hybridized carbons (Fsp3) is 0.231. The zero-order chi connectivity index (χ0) is 39.6. The number of ether oxygens (including phenoxy) is 4. The van der Waals surface area contributed by atoms with Gasteiger partial charge < -0.3 is 41.9 Å². The number of nitrogen functional groups attached to an aromatic ring is 2. The Hall–Kier alpha value is -6.26. The van der Waals surface area contributed by atoms with E-state index >= 15 is 0 Å². The third kappa shape index (κ3) is 7.46.